The van der Waals surface area contributed by atoms with Crippen molar-refractivity contribution >= 4 is 12.0 Å². The average molecular weight is 286 g/mol. The summed E-state index contributed by atoms with van der Waals surface area (Å²) in [7, 11) is 1.58. The zero-order valence-corrected chi connectivity index (χ0v) is 12.9. The van der Waals surface area contributed by atoms with Crippen molar-refractivity contribution in [3.63, 3.8) is 0 Å². The van der Waals surface area contributed by atoms with Gasteiger partial charge < -0.3 is 14.8 Å². The van der Waals surface area contributed by atoms with Crippen LogP contribution in [0.25, 0.3) is 0 Å². The standard InChI is InChI=1S/C14H26N2O4/c1-14(2,3)20-13(18)16-9-6-5-7-11(16)12(17)15-8-10-19-4/h11H,5-10H2,1-4H3,(H,15,17). The van der Waals surface area contributed by atoms with Gasteiger partial charge in [-0.1, -0.05) is 0 Å². The number of rotatable bonds is 4. The first-order chi connectivity index (χ1) is 9.35. The SMILES string of the molecule is COCCNC(=O)C1CCCCN1C(=O)OC(C)(C)C. The number of carbonyl (C=O) groups is 2. The number of likely N-dealkylation sites (tertiary alicyclic amines) is 1. The van der Waals surface area contributed by atoms with Gasteiger partial charge in [0.1, 0.15) is 11.6 Å². The maximum atomic E-state index is 12.2. The molecule has 116 valence electrons. The summed E-state index contributed by atoms with van der Waals surface area (Å²) in [6, 6.07) is -0.435. The van der Waals surface area contributed by atoms with Gasteiger partial charge in [0.05, 0.1) is 6.61 Å². The molecule has 1 saturated heterocycles. The molecule has 0 spiro atoms. The fourth-order valence-electron chi connectivity index (χ4n) is 2.14. The lowest BCUT2D eigenvalue weighted by atomic mass is 10.0. The van der Waals surface area contributed by atoms with E-state index in [1.165, 1.54) is 4.90 Å². The molecule has 0 aliphatic carbocycles. The summed E-state index contributed by atoms with van der Waals surface area (Å²) in [6.07, 6.45) is 2.12. The Morgan fingerprint density at radius 3 is 2.60 bits per heavy atom. The van der Waals surface area contributed by atoms with Crippen LogP contribution in [0, 0.1) is 0 Å². The van der Waals surface area contributed by atoms with Crippen LogP contribution in [0.5, 0.6) is 0 Å². The molecule has 1 heterocycles. The van der Waals surface area contributed by atoms with Gasteiger partial charge in [-0.15, -0.1) is 0 Å². The van der Waals surface area contributed by atoms with E-state index in [1.54, 1.807) is 7.11 Å². The first-order valence-corrected chi connectivity index (χ1v) is 7.11. The number of amides is 2. The maximum absolute atomic E-state index is 12.2. The van der Waals surface area contributed by atoms with Crippen LogP contribution in [0.4, 0.5) is 4.79 Å². The molecule has 1 unspecified atom stereocenters. The van der Waals surface area contributed by atoms with Gasteiger partial charge in [0.15, 0.2) is 0 Å². The first kappa shape index (κ1) is 16.8. The van der Waals surface area contributed by atoms with Crippen LogP contribution in [-0.2, 0) is 14.3 Å². The number of methoxy groups -OCH3 is 1. The van der Waals surface area contributed by atoms with Crippen LogP contribution in [0.2, 0.25) is 0 Å². The summed E-state index contributed by atoms with van der Waals surface area (Å²) in [6.45, 7) is 6.95. The number of nitrogens with one attached hydrogen (secondary N) is 1. The molecule has 6 nitrogen and oxygen atoms in total. The number of hydrogen-bond acceptors (Lipinski definition) is 4. The number of hydrogen-bond donors (Lipinski definition) is 1. The fourth-order valence-corrected chi connectivity index (χ4v) is 2.14. The van der Waals surface area contributed by atoms with Crippen molar-refractivity contribution in [2.24, 2.45) is 0 Å². The lowest BCUT2D eigenvalue weighted by Crippen LogP contribution is -2.53. The smallest absolute Gasteiger partial charge is 0.410 e. The Morgan fingerprint density at radius 2 is 2.00 bits per heavy atom. The zero-order valence-electron chi connectivity index (χ0n) is 12.9. The Bertz CT molecular complexity index is 339. The Kier molecular flexibility index (Phi) is 6.26. The normalized spacial score (nSPS) is 19.6. The molecule has 0 aromatic rings. The van der Waals surface area contributed by atoms with Crippen molar-refractivity contribution in [2.45, 2.75) is 51.7 Å². The van der Waals surface area contributed by atoms with E-state index in [0.717, 1.165) is 12.8 Å². The second-order valence-corrected chi connectivity index (χ2v) is 5.97. The molecular weight excluding hydrogens is 260 g/mol. The molecule has 20 heavy (non-hydrogen) atoms. The molecule has 1 aliphatic heterocycles. The summed E-state index contributed by atoms with van der Waals surface area (Å²) in [5.74, 6) is -0.132. The van der Waals surface area contributed by atoms with E-state index < -0.39 is 17.7 Å². The highest BCUT2D eigenvalue weighted by Gasteiger charge is 2.34. The molecule has 1 atom stereocenters. The molecular formula is C14H26N2O4. The van der Waals surface area contributed by atoms with Crippen LogP contribution in [0.3, 0.4) is 0 Å². The van der Waals surface area contributed by atoms with Crippen LogP contribution in [-0.4, -0.2) is 55.3 Å². The molecule has 1 aliphatic rings. The van der Waals surface area contributed by atoms with Gasteiger partial charge in [0.2, 0.25) is 5.91 Å². The molecule has 0 bridgehead atoms. The minimum Gasteiger partial charge on any atom is -0.444 e. The van der Waals surface area contributed by atoms with E-state index in [4.69, 9.17) is 9.47 Å². The van der Waals surface area contributed by atoms with Crippen molar-refractivity contribution in [3.05, 3.63) is 0 Å². The maximum Gasteiger partial charge on any atom is 0.410 e. The molecule has 0 aromatic heterocycles. The van der Waals surface area contributed by atoms with Crippen LogP contribution >= 0.6 is 0 Å². The molecule has 6 heteroatoms. The number of ether oxygens (including phenoxy) is 2. The van der Waals surface area contributed by atoms with E-state index in [2.05, 4.69) is 5.32 Å². The predicted octanol–water partition coefficient (Wildman–Crippen LogP) is 1.54. The van der Waals surface area contributed by atoms with Gasteiger partial charge in [-0.2, -0.15) is 0 Å². The summed E-state index contributed by atoms with van der Waals surface area (Å²) < 4.78 is 10.3. The second-order valence-electron chi connectivity index (χ2n) is 5.97. The van der Waals surface area contributed by atoms with E-state index in [9.17, 15) is 9.59 Å². The summed E-state index contributed by atoms with van der Waals surface area (Å²) in [4.78, 5) is 25.8. The van der Waals surface area contributed by atoms with Gasteiger partial charge in [0, 0.05) is 20.2 Å². The Hall–Kier alpha value is -1.30. The third-order valence-electron chi connectivity index (χ3n) is 3.04. The third-order valence-corrected chi connectivity index (χ3v) is 3.04. The quantitative estimate of drug-likeness (QED) is 0.796. The van der Waals surface area contributed by atoms with Gasteiger partial charge in [-0.3, -0.25) is 9.69 Å². The largest absolute Gasteiger partial charge is 0.444 e. The van der Waals surface area contributed by atoms with Crippen LogP contribution in [0.15, 0.2) is 0 Å². The minimum absolute atomic E-state index is 0.132. The van der Waals surface area contributed by atoms with Crippen molar-refractivity contribution < 1.29 is 19.1 Å². The number of carbonyl (C=O) groups excluding carboxylic acids is 2. The van der Waals surface area contributed by atoms with Crippen molar-refractivity contribution in [3.8, 4) is 0 Å². The highest BCUT2D eigenvalue weighted by Crippen LogP contribution is 2.20. The first-order valence-electron chi connectivity index (χ1n) is 7.11. The molecule has 0 radical (unpaired) electrons. The van der Waals surface area contributed by atoms with E-state index >= 15 is 0 Å². The van der Waals surface area contributed by atoms with E-state index in [1.807, 2.05) is 20.8 Å². The van der Waals surface area contributed by atoms with E-state index in [-0.39, 0.29) is 5.91 Å². The third kappa shape index (κ3) is 5.36. The highest BCUT2D eigenvalue weighted by molar-refractivity contribution is 5.85. The van der Waals surface area contributed by atoms with Crippen LogP contribution in [0.1, 0.15) is 40.0 Å². The average Bonchev–Trinajstić information content (AvgIpc) is 2.37. The molecule has 1 fully saturated rings. The van der Waals surface area contributed by atoms with Gasteiger partial charge in [-0.25, -0.2) is 4.79 Å². The Labute approximate surface area is 120 Å². The Morgan fingerprint density at radius 1 is 1.30 bits per heavy atom. The lowest BCUT2D eigenvalue weighted by Gasteiger charge is -2.35. The van der Waals surface area contributed by atoms with Crippen molar-refractivity contribution in [1.82, 2.24) is 10.2 Å². The molecule has 0 saturated carbocycles. The predicted molar refractivity (Wildman–Crippen MR) is 75.5 cm³/mol. The molecule has 2 amide bonds. The number of piperidine rings is 1. The molecule has 0 aromatic carbocycles. The topological polar surface area (TPSA) is 67.9 Å². The van der Waals surface area contributed by atoms with E-state index in [0.29, 0.717) is 26.1 Å². The minimum atomic E-state index is -0.550. The summed E-state index contributed by atoms with van der Waals surface area (Å²) >= 11 is 0. The summed E-state index contributed by atoms with van der Waals surface area (Å²) in [5, 5.41) is 2.79. The zero-order chi connectivity index (χ0) is 15.2. The molecule has 1 rings (SSSR count). The Balaban J connectivity index is 2.61. The van der Waals surface area contributed by atoms with Gasteiger partial charge >= 0.3 is 6.09 Å². The van der Waals surface area contributed by atoms with Crippen molar-refractivity contribution in [1.29, 1.82) is 0 Å². The lowest BCUT2D eigenvalue weighted by molar-refractivity contribution is -0.127. The monoisotopic (exact) mass is 286 g/mol. The number of nitrogens with zero attached hydrogens (tertiary/aromatic N) is 1. The van der Waals surface area contributed by atoms with Crippen molar-refractivity contribution in [2.75, 3.05) is 26.8 Å². The van der Waals surface area contributed by atoms with Gasteiger partial charge in [-0.05, 0) is 40.0 Å². The second kappa shape index (κ2) is 7.47. The van der Waals surface area contributed by atoms with Gasteiger partial charge in [0.25, 0.3) is 0 Å². The molecule has 1 N–H and O–H groups in total. The van der Waals surface area contributed by atoms with Crippen LogP contribution < -0.4 is 5.32 Å². The summed E-state index contributed by atoms with van der Waals surface area (Å²) in [5.41, 5.74) is -0.550. The fraction of sp³-hybridized carbons (Fsp3) is 0.857. The highest BCUT2D eigenvalue weighted by atomic mass is 16.6.